The number of hydrogen-bond acceptors (Lipinski definition) is 12. The monoisotopic (exact) mass is 872 g/mol. The zero-order valence-electron chi connectivity index (χ0n) is 33.0. The summed E-state index contributed by atoms with van der Waals surface area (Å²) in [7, 11) is -7.85. The Hall–Kier alpha value is -6.72. The minimum Gasteiger partial charge on any atom is -0.490 e. The van der Waals surface area contributed by atoms with E-state index < -0.39 is 32.1 Å². The topological polar surface area (TPSA) is 181 Å². The largest absolute Gasteiger partial charge is 0.490 e. The van der Waals surface area contributed by atoms with Crippen molar-refractivity contribution < 1.29 is 44.6 Å². The number of oxazole rings is 2. The van der Waals surface area contributed by atoms with E-state index in [1.54, 1.807) is 24.3 Å². The maximum absolute atomic E-state index is 13.3. The molecule has 4 heterocycles. The highest BCUT2D eigenvalue weighted by atomic mass is 32.2. The summed E-state index contributed by atoms with van der Waals surface area (Å²) in [6.07, 6.45) is 1.48. The number of nitrogens with one attached hydrogen (secondary N) is 2. The lowest BCUT2D eigenvalue weighted by Crippen LogP contribution is -2.29. The summed E-state index contributed by atoms with van der Waals surface area (Å²) >= 11 is 0. The van der Waals surface area contributed by atoms with Gasteiger partial charge in [0.2, 0.25) is 31.8 Å². The summed E-state index contributed by atoms with van der Waals surface area (Å²) in [5.41, 5.74) is 3.93. The molecule has 0 spiro atoms. The Kier molecular flexibility index (Phi) is 11.6. The van der Waals surface area contributed by atoms with Crippen molar-refractivity contribution in [2.24, 2.45) is 0 Å². The van der Waals surface area contributed by atoms with Crippen LogP contribution in [-0.2, 0) is 20.0 Å². The first kappa shape index (κ1) is 40.7. The predicted octanol–water partition coefficient (Wildman–Crippen LogP) is 8.11. The molecule has 2 aliphatic heterocycles. The Balaban J connectivity index is 0.000000158. The van der Waals surface area contributed by atoms with Gasteiger partial charge in [0.1, 0.15) is 23.1 Å². The first-order valence-corrected chi connectivity index (χ1v) is 22.8. The van der Waals surface area contributed by atoms with Crippen molar-refractivity contribution in [3.8, 4) is 23.0 Å². The Morgan fingerprint density at radius 1 is 0.435 bits per heavy atom. The number of ether oxygens (including phenoxy) is 4. The third kappa shape index (κ3) is 8.99. The minimum atomic E-state index is -3.92. The van der Waals surface area contributed by atoms with Crippen LogP contribution in [0.1, 0.15) is 47.8 Å². The highest BCUT2D eigenvalue weighted by Crippen LogP contribution is 2.35. The molecule has 0 aliphatic carbocycles. The molecule has 0 saturated carbocycles. The first-order chi connectivity index (χ1) is 30.2. The van der Waals surface area contributed by atoms with Crippen LogP contribution in [0.5, 0.6) is 23.0 Å². The van der Waals surface area contributed by atoms with Gasteiger partial charge >= 0.3 is 0 Å². The summed E-state index contributed by atoms with van der Waals surface area (Å²) in [6, 6.07) is 40.7. The Labute approximate surface area is 357 Å². The van der Waals surface area contributed by atoms with Gasteiger partial charge in [0, 0.05) is 25.0 Å². The molecular formula is C46H40N4O10S2. The maximum Gasteiger partial charge on any atom is 0.241 e. The molecule has 8 aromatic rings. The first-order valence-electron chi connectivity index (χ1n) is 19.8. The fourth-order valence-electron chi connectivity index (χ4n) is 6.91. The van der Waals surface area contributed by atoms with E-state index in [9.17, 15) is 16.8 Å². The zero-order chi connectivity index (χ0) is 42.5. The van der Waals surface area contributed by atoms with E-state index >= 15 is 0 Å². The smallest absolute Gasteiger partial charge is 0.241 e. The fraction of sp³-hybridized carbons (Fsp3) is 0.174. The van der Waals surface area contributed by atoms with E-state index in [4.69, 9.17) is 27.8 Å². The second-order valence-electron chi connectivity index (χ2n) is 14.3. The van der Waals surface area contributed by atoms with Crippen LogP contribution < -0.4 is 28.4 Å². The quantitative estimate of drug-likeness (QED) is 0.135. The van der Waals surface area contributed by atoms with Crippen LogP contribution in [-0.4, -0.2) is 53.2 Å². The van der Waals surface area contributed by atoms with Crippen LogP contribution in [0.2, 0.25) is 0 Å². The third-order valence-corrected chi connectivity index (χ3v) is 12.8. The predicted molar refractivity (Wildman–Crippen MR) is 229 cm³/mol. The molecule has 0 radical (unpaired) electrons. The average molecular weight is 873 g/mol. The van der Waals surface area contributed by atoms with Gasteiger partial charge in [0.15, 0.2) is 34.2 Å². The molecule has 2 N–H and O–H groups in total. The van der Waals surface area contributed by atoms with Gasteiger partial charge in [-0.05, 0) is 59.7 Å². The Morgan fingerprint density at radius 3 is 1.21 bits per heavy atom. The summed E-state index contributed by atoms with van der Waals surface area (Å²) < 4.78 is 93.0. The molecule has 0 saturated heterocycles. The van der Waals surface area contributed by atoms with Crippen LogP contribution in [0.25, 0.3) is 22.2 Å². The van der Waals surface area contributed by atoms with Crippen molar-refractivity contribution >= 4 is 42.2 Å². The van der Waals surface area contributed by atoms with Gasteiger partial charge in [0.05, 0.1) is 36.2 Å². The molecule has 0 amide bonds. The number of fused-ring (bicyclic) bond motifs is 4. The lowest BCUT2D eigenvalue weighted by atomic mass is 10.1. The second-order valence-corrected chi connectivity index (χ2v) is 17.7. The fourth-order valence-corrected chi connectivity index (χ4v) is 9.29. The standard InChI is InChI=1S/2C23H20N2O5S/c2*26-31(27,17-11-12-20-21(15-17)29-14-6-13-28-20)25-22(16-7-2-1-3-8-16)23-24-18-9-4-5-10-19(18)30-23/h2*1-5,7-12,15,22,25H,6,13-14H2/t2*22-/m10/s1. The number of para-hydroxylation sites is 4. The van der Waals surface area contributed by atoms with Crippen molar-refractivity contribution in [3.63, 3.8) is 0 Å². The number of hydrogen-bond donors (Lipinski definition) is 2. The van der Waals surface area contributed by atoms with Crippen LogP contribution in [0, 0.1) is 0 Å². The molecule has 62 heavy (non-hydrogen) atoms. The molecule has 2 aromatic heterocycles. The van der Waals surface area contributed by atoms with Gasteiger partial charge in [-0.1, -0.05) is 84.9 Å². The molecule has 6 aromatic carbocycles. The minimum absolute atomic E-state index is 0.0776. The highest BCUT2D eigenvalue weighted by molar-refractivity contribution is 7.89. The summed E-state index contributed by atoms with van der Waals surface area (Å²) in [4.78, 5) is 9.18. The van der Waals surface area contributed by atoms with Crippen LogP contribution in [0.15, 0.2) is 164 Å². The van der Waals surface area contributed by atoms with E-state index in [0.29, 0.717) is 82.8 Å². The van der Waals surface area contributed by atoms with E-state index in [-0.39, 0.29) is 21.6 Å². The third-order valence-electron chi connectivity index (χ3n) is 9.99. The maximum atomic E-state index is 13.3. The summed E-state index contributed by atoms with van der Waals surface area (Å²) in [5, 5.41) is 0. The molecular weight excluding hydrogens is 833 g/mol. The molecule has 316 valence electrons. The van der Waals surface area contributed by atoms with Gasteiger partial charge < -0.3 is 27.8 Å². The molecule has 2 aliphatic rings. The van der Waals surface area contributed by atoms with Gasteiger partial charge in [-0.2, -0.15) is 9.44 Å². The van der Waals surface area contributed by atoms with E-state index in [2.05, 4.69) is 19.4 Å². The van der Waals surface area contributed by atoms with Gasteiger partial charge in [0.25, 0.3) is 0 Å². The van der Waals surface area contributed by atoms with Gasteiger partial charge in [-0.3, -0.25) is 0 Å². The summed E-state index contributed by atoms with van der Waals surface area (Å²) in [5.74, 6) is 2.44. The second kappa shape index (κ2) is 17.7. The SMILES string of the molecule is O=S(=O)(N[C@@H](c1ccccc1)c1nc2ccccc2o1)c1ccc2c(c1)OCCCO2.O=S(=O)(N[C@H](c1ccccc1)c1nc2ccccc2o1)c1ccc2c(c1)OCCCO2. The molecule has 2 atom stereocenters. The van der Waals surface area contributed by atoms with Crippen LogP contribution in [0.3, 0.4) is 0 Å². The number of aromatic nitrogens is 2. The molecule has 0 fully saturated rings. The lowest BCUT2D eigenvalue weighted by Gasteiger charge is -2.17. The van der Waals surface area contributed by atoms with Gasteiger partial charge in [-0.25, -0.2) is 26.8 Å². The number of sulfonamides is 2. The molecule has 14 nitrogen and oxygen atoms in total. The average Bonchev–Trinajstić information content (AvgIpc) is 3.75. The molecule has 0 unspecified atom stereocenters. The van der Waals surface area contributed by atoms with E-state index in [0.717, 1.165) is 12.8 Å². The van der Waals surface area contributed by atoms with E-state index in [1.807, 2.05) is 97.1 Å². The van der Waals surface area contributed by atoms with Crippen molar-refractivity contribution in [1.82, 2.24) is 19.4 Å². The molecule has 16 heteroatoms. The number of rotatable bonds is 10. The molecule has 10 rings (SSSR count). The number of nitrogens with zero attached hydrogens (tertiary/aromatic N) is 2. The number of benzene rings is 6. The normalized spacial score (nSPS) is 14.8. The molecule has 0 bridgehead atoms. The van der Waals surface area contributed by atoms with Crippen molar-refractivity contribution in [3.05, 3.63) is 169 Å². The van der Waals surface area contributed by atoms with Crippen molar-refractivity contribution in [2.45, 2.75) is 34.7 Å². The Bertz CT molecular complexity index is 2780. The van der Waals surface area contributed by atoms with E-state index in [1.165, 1.54) is 24.3 Å². The van der Waals surface area contributed by atoms with Crippen molar-refractivity contribution in [1.29, 1.82) is 0 Å². The van der Waals surface area contributed by atoms with Crippen LogP contribution in [0.4, 0.5) is 0 Å². The van der Waals surface area contributed by atoms with Gasteiger partial charge in [-0.15, -0.1) is 0 Å². The van der Waals surface area contributed by atoms with Crippen molar-refractivity contribution in [2.75, 3.05) is 26.4 Å². The lowest BCUT2D eigenvalue weighted by molar-refractivity contribution is 0.296. The zero-order valence-corrected chi connectivity index (χ0v) is 34.7. The van der Waals surface area contributed by atoms with Crippen LogP contribution >= 0.6 is 0 Å². The Morgan fingerprint density at radius 2 is 0.806 bits per heavy atom. The summed E-state index contributed by atoms with van der Waals surface area (Å²) in [6.45, 7) is 2.01. The highest BCUT2D eigenvalue weighted by Gasteiger charge is 2.30.